The number of unbranched alkanes of at least 4 members (excludes halogenated alkanes) is 9. The van der Waals surface area contributed by atoms with Crippen LogP contribution in [0.4, 0.5) is 0 Å². The molecule has 1 N–H and O–H groups in total. The zero-order chi connectivity index (χ0) is 14.3. The van der Waals surface area contributed by atoms with Gasteiger partial charge < -0.3 is 0 Å². The van der Waals surface area contributed by atoms with Crippen molar-refractivity contribution in [3.63, 3.8) is 0 Å². The van der Waals surface area contributed by atoms with Crippen molar-refractivity contribution in [2.75, 3.05) is 13.2 Å². The van der Waals surface area contributed by atoms with Crippen LogP contribution in [-0.2, 0) is 4.84 Å². The molecule has 0 bridgehead atoms. The second-order valence-electron chi connectivity index (χ2n) is 5.95. The Morgan fingerprint density at radius 1 is 0.842 bits per heavy atom. The van der Waals surface area contributed by atoms with E-state index in [9.17, 15) is 5.21 Å². The van der Waals surface area contributed by atoms with Crippen LogP contribution in [0, 0.1) is 5.92 Å². The molecule has 116 valence electrons. The second kappa shape index (κ2) is 14.3. The molecule has 0 aliphatic rings. The van der Waals surface area contributed by atoms with Gasteiger partial charge in [-0.1, -0.05) is 83.8 Å². The maximum absolute atomic E-state index is 9.43. The van der Waals surface area contributed by atoms with E-state index in [4.69, 9.17) is 4.84 Å². The van der Waals surface area contributed by atoms with Crippen molar-refractivity contribution in [1.82, 2.24) is 5.23 Å². The van der Waals surface area contributed by atoms with Gasteiger partial charge in [-0.2, -0.15) is 0 Å². The number of hydrogen-bond donors (Lipinski definition) is 1. The van der Waals surface area contributed by atoms with Crippen molar-refractivity contribution in [3.8, 4) is 0 Å². The Labute approximate surface area is 120 Å². The summed E-state index contributed by atoms with van der Waals surface area (Å²) in [7, 11) is 0. The second-order valence-corrected chi connectivity index (χ2v) is 5.95. The molecule has 0 radical (unpaired) electrons. The lowest BCUT2D eigenvalue weighted by Crippen LogP contribution is -2.23. The van der Waals surface area contributed by atoms with Crippen molar-refractivity contribution >= 4 is 0 Å². The van der Waals surface area contributed by atoms with E-state index in [2.05, 4.69) is 20.8 Å². The summed E-state index contributed by atoms with van der Waals surface area (Å²) >= 11 is 0. The zero-order valence-electron chi connectivity index (χ0n) is 13.4. The third kappa shape index (κ3) is 15.8. The average Bonchev–Trinajstić information content (AvgIpc) is 2.38. The molecule has 3 heteroatoms. The van der Waals surface area contributed by atoms with E-state index in [1.165, 1.54) is 57.8 Å². The normalized spacial score (nSPS) is 11.7. The van der Waals surface area contributed by atoms with Gasteiger partial charge in [0.1, 0.15) is 0 Å². The summed E-state index contributed by atoms with van der Waals surface area (Å²) in [6.07, 6.45) is 13.1. The molecular weight excluding hydrogens is 238 g/mol. The lowest BCUT2D eigenvalue weighted by atomic mass is 10.1. The van der Waals surface area contributed by atoms with Crippen LogP contribution in [0.2, 0.25) is 0 Å². The maximum Gasteiger partial charge on any atom is 0.0734 e. The van der Waals surface area contributed by atoms with Crippen LogP contribution in [0.1, 0.15) is 85.0 Å². The minimum Gasteiger partial charge on any atom is -0.290 e. The molecule has 0 unspecified atom stereocenters. The monoisotopic (exact) mass is 273 g/mol. The van der Waals surface area contributed by atoms with Crippen LogP contribution in [0.15, 0.2) is 0 Å². The van der Waals surface area contributed by atoms with Crippen LogP contribution in [-0.4, -0.2) is 23.6 Å². The van der Waals surface area contributed by atoms with Gasteiger partial charge in [-0.25, -0.2) is 0 Å². The predicted octanol–water partition coefficient (Wildman–Crippen LogP) is 5.19. The van der Waals surface area contributed by atoms with Gasteiger partial charge in [0, 0.05) is 0 Å². The Bertz CT molecular complexity index is 174. The van der Waals surface area contributed by atoms with Crippen LogP contribution in [0.3, 0.4) is 0 Å². The van der Waals surface area contributed by atoms with Crippen molar-refractivity contribution in [2.24, 2.45) is 5.92 Å². The van der Waals surface area contributed by atoms with Gasteiger partial charge in [0.15, 0.2) is 0 Å². The summed E-state index contributed by atoms with van der Waals surface area (Å²) in [6, 6.07) is 0. The standard InChI is InChI=1S/C16H35NO2/c1-4-5-6-7-8-9-10-11-12-13-14-17(18)19-15-16(2)3/h16,18H,4-15H2,1-3H3. The van der Waals surface area contributed by atoms with E-state index in [1.807, 2.05) is 0 Å². The highest BCUT2D eigenvalue weighted by Gasteiger charge is 2.02. The third-order valence-electron chi connectivity index (χ3n) is 3.26. The quantitative estimate of drug-likeness (QED) is 0.349. The summed E-state index contributed by atoms with van der Waals surface area (Å²) in [5.41, 5.74) is 0. The highest BCUT2D eigenvalue weighted by atomic mass is 16.9. The molecule has 0 atom stereocenters. The lowest BCUT2D eigenvalue weighted by molar-refractivity contribution is -0.343. The summed E-state index contributed by atoms with van der Waals surface area (Å²) in [5.74, 6) is 0.461. The first-order valence-corrected chi connectivity index (χ1v) is 8.26. The Balaban J connectivity index is 3.09. The highest BCUT2D eigenvalue weighted by Crippen LogP contribution is 2.10. The molecule has 0 saturated carbocycles. The molecular formula is C16H35NO2. The molecule has 0 aliphatic heterocycles. The van der Waals surface area contributed by atoms with Crippen molar-refractivity contribution in [1.29, 1.82) is 0 Å². The van der Waals surface area contributed by atoms with Crippen LogP contribution >= 0.6 is 0 Å². The summed E-state index contributed by atoms with van der Waals surface area (Å²) in [5, 5.41) is 10.4. The first-order chi connectivity index (χ1) is 9.16. The summed E-state index contributed by atoms with van der Waals surface area (Å²) < 4.78 is 0. The molecule has 0 fully saturated rings. The minimum atomic E-state index is 0.461. The fourth-order valence-electron chi connectivity index (χ4n) is 2.03. The molecule has 0 heterocycles. The Morgan fingerprint density at radius 2 is 1.32 bits per heavy atom. The number of nitrogens with zero attached hydrogens (tertiary/aromatic N) is 1. The van der Waals surface area contributed by atoms with Gasteiger partial charge in [0.2, 0.25) is 0 Å². The Morgan fingerprint density at radius 3 is 1.79 bits per heavy atom. The van der Waals surface area contributed by atoms with E-state index in [1.54, 1.807) is 0 Å². The predicted molar refractivity (Wildman–Crippen MR) is 81.1 cm³/mol. The van der Waals surface area contributed by atoms with Gasteiger partial charge in [0.25, 0.3) is 0 Å². The summed E-state index contributed by atoms with van der Waals surface area (Å²) in [6.45, 7) is 7.63. The number of hydroxylamine groups is 2. The maximum atomic E-state index is 9.43. The lowest BCUT2D eigenvalue weighted by Gasteiger charge is -2.15. The SMILES string of the molecule is CCCCCCCCCCCCN(O)OCC(C)C. The number of hydrogen-bond acceptors (Lipinski definition) is 3. The minimum absolute atomic E-state index is 0.461. The molecule has 0 spiro atoms. The topological polar surface area (TPSA) is 32.7 Å². The van der Waals surface area contributed by atoms with E-state index in [0.29, 0.717) is 19.1 Å². The van der Waals surface area contributed by atoms with Crippen molar-refractivity contribution in [2.45, 2.75) is 85.0 Å². The van der Waals surface area contributed by atoms with Gasteiger partial charge >= 0.3 is 0 Å². The summed E-state index contributed by atoms with van der Waals surface area (Å²) in [4.78, 5) is 5.17. The van der Waals surface area contributed by atoms with Crippen LogP contribution in [0.25, 0.3) is 0 Å². The van der Waals surface area contributed by atoms with Crippen LogP contribution in [0.5, 0.6) is 0 Å². The Kier molecular flexibility index (Phi) is 14.2. The van der Waals surface area contributed by atoms with Gasteiger partial charge in [-0.15, -0.1) is 0 Å². The smallest absolute Gasteiger partial charge is 0.0734 e. The molecule has 0 aromatic carbocycles. The molecule has 0 aromatic rings. The van der Waals surface area contributed by atoms with Crippen LogP contribution < -0.4 is 0 Å². The molecule has 3 nitrogen and oxygen atoms in total. The molecule has 0 rings (SSSR count). The van der Waals surface area contributed by atoms with E-state index in [-0.39, 0.29) is 0 Å². The van der Waals surface area contributed by atoms with Gasteiger partial charge in [-0.3, -0.25) is 10.0 Å². The van der Waals surface area contributed by atoms with E-state index >= 15 is 0 Å². The molecule has 0 aliphatic carbocycles. The van der Waals surface area contributed by atoms with Gasteiger partial charge in [-0.05, 0) is 12.3 Å². The largest absolute Gasteiger partial charge is 0.290 e. The van der Waals surface area contributed by atoms with Crippen molar-refractivity contribution in [3.05, 3.63) is 0 Å². The Hall–Kier alpha value is -0.120. The van der Waals surface area contributed by atoms with E-state index < -0.39 is 0 Å². The molecule has 0 saturated heterocycles. The first kappa shape index (κ1) is 18.9. The highest BCUT2D eigenvalue weighted by molar-refractivity contribution is 4.48. The molecule has 0 amide bonds. The van der Waals surface area contributed by atoms with Crippen molar-refractivity contribution < 1.29 is 10.0 Å². The fraction of sp³-hybridized carbons (Fsp3) is 1.00. The molecule has 0 aromatic heterocycles. The third-order valence-corrected chi connectivity index (χ3v) is 3.26. The van der Waals surface area contributed by atoms with Gasteiger partial charge in [0.05, 0.1) is 13.2 Å². The average molecular weight is 273 g/mol. The fourth-order valence-corrected chi connectivity index (χ4v) is 2.03. The zero-order valence-corrected chi connectivity index (χ0v) is 13.4. The van der Waals surface area contributed by atoms with E-state index in [0.717, 1.165) is 11.6 Å². The molecule has 19 heavy (non-hydrogen) atoms. The number of rotatable bonds is 14. The first-order valence-electron chi connectivity index (χ1n) is 8.26.